The fourth-order valence-corrected chi connectivity index (χ4v) is 4.81. The van der Waals surface area contributed by atoms with E-state index in [0.29, 0.717) is 23.1 Å². The summed E-state index contributed by atoms with van der Waals surface area (Å²) < 4.78 is 52.1. The van der Waals surface area contributed by atoms with Crippen molar-refractivity contribution >= 4 is 41.3 Å². The number of nitrogens with zero attached hydrogens (tertiary/aromatic N) is 4. The lowest BCUT2D eigenvalue weighted by Gasteiger charge is -2.37. The van der Waals surface area contributed by atoms with Crippen molar-refractivity contribution in [2.75, 3.05) is 22.9 Å². The number of hydrogen-bond acceptors (Lipinski definition) is 6. The normalized spacial score (nSPS) is 17.5. The van der Waals surface area contributed by atoms with Gasteiger partial charge in [0.1, 0.15) is 23.5 Å². The van der Waals surface area contributed by atoms with Gasteiger partial charge in [-0.05, 0) is 35.9 Å². The number of halogens is 5. The highest BCUT2D eigenvalue weighted by atomic mass is 35.5. The number of piperazine rings is 1. The summed E-state index contributed by atoms with van der Waals surface area (Å²) in [5.41, 5.74) is 0.787. The smallest absolute Gasteiger partial charge is 0.252 e. The molecule has 14 heteroatoms. The first kappa shape index (κ1) is 31.4. The molecule has 224 valence electrons. The predicted octanol–water partition coefficient (Wildman–Crippen LogP) is 3.95. The minimum Gasteiger partial charge on any atom is -0.355 e. The van der Waals surface area contributed by atoms with E-state index in [-0.39, 0.29) is 55.6 Å². The maximum atomic E-state index is 14.1. The summed E-state index contributed by atoms with van der Waals surface area (Å²) in [6.07, 6.45) is 1.42. The van der Waals surface area contributed by atoms with E-state index in [1.54, 1.807) is 24.3 Å². The third-order valence-corrected chi connectivity index (χ3v) is 7.07. The van der Waals surface area contributed by atoms with E-state index in [1.807, 2.05) is 6.07 Å². The standard InChI is InChI=1S/C24H18ClF2N5O2.C5H7F2NO/c25-20-4-2-1-3-16(20)14-31(19-9-17(26)8-18(27)10-19)24(34)21-12-29-13-23(33)32(21)22-7-15(11-28)5-6-30-22;6-5(7)1-4(2-5)8-3-9/h1-10,21,29H,12-14H2;3-4H,1-2H2,(H,8,9)/t21-;/m0./s1. The summed E-state index contributed by atoms with van der Waals surface area (Å²) in [5.74, 6) is -5.15. The van der Waals surface area contributed by atoms with Crippen LogP contribution in [-0.4, -0.2) is 54.3 Å². The summed E-state index contributed by atoms with van der Waals surface area (Å²) in [6.45, 7) is -0.0627. The molecule has 1 aromatic heterocycles. The van der Waals surface area contributed by atoms with Gasteiger partial charge in [0.25, 0.3) is 11.8 Å². The number of nitriles is 1. The molecule has 9 nitrogen and oxygen atoms in total. The van der Waals surface area contributed by atoms with Gasteiger partial charge in [0.2, 0.25) is 12.3 Å². The van der Waals surface area contributed by atoms with Crippen LogP contribution in [0.2, 0.25) is 5.02 Å². The largest absolute Gasteiger partial charge is 0.355 e. The number of benzene rings is 2. The molecule has 2 fully saturated rings. The number of carbonyl (C=O) groups excluding carboxylic acids is 3. The van der Waals surface area contributed by atoms with Crippen LogP contribution in [0.4, 0.5) is 29.1 Å². The van der Waals surface area contributed by atoms with Gasteiger partial charge in [-0.1, -0.05) is 29.8 Å². The average Bonchev–Trinajstić information content (AvgIpc) is 2.95. The van der Waals surface area contributed by atoms with Gasteiger partial charge in [-0.2, -0.15) is 5.26 Å². The third kappa shape index (κ3) is 7.85. The fourth-order valence-electron chi connectivity index (χ4n) is 4.61. The minimum atomic E-state index is -2.53. The van der Waals surface area contributed by atoms with Crippen molar-refractivity contribution in [3.8, 4) is 6.07 Å². The minimum absolute atomic E-state index is 0.0286. The molecule has 0 radical (unpaired) electrons. The molecular weight excluding hydrogens is 592 g/mol. The van der Waals surface area contributed by atoms with Gasteiger partial charge in [-0.15, -0.1) is 0 Å². The third-order valence-electron chi connectivity index (χ3n) is 6.71. The van der Waals surface area contributed by atoms with Gasteiger partial charge < -0.3 is 15.5 Å². The van der Waals surface area contributed by atoms with Gasteiger partial charge in [-0.3, -0.25) is 19.3 Å². The van der Waals surface area contributed by atoms with Crippen LogP contribution in [0, 0.1) is 23.0 Å². The van der Waals surface area contributed by atoms with Crippen LogP contribution >= 0.6 is 11.6 Å². The maximum Gasteiger partial charge on any atom is 0.252 e. The molecule has 2 aliphatic rings. The molecule has 1 aliphatic carbocycles. The number of anilines is 2. The first-order valence-corrected chi connectivity index (χ1v) is 13.4. The lowest BCUT2D eigenvalue weighted by atomic mass is 9.88. The van der Waals surface area contributed by atoms with Gasteiger partial charge in [0.15, 0.2) is 0 Å². The van der Waals surface area contributed by atoms with Crippen molar-refractivity contribution in [3.63, 3.8) is 0 Å². The van der Waals surface area contributed by atoms with Gasteiger partial charge >= 0.3 is 0 Å². The summed E-state index contributed by atoms with van der Waals surface area (Å²) in [5, 5.41) is 14.8. The van der Waals surface area contributed by atoms with Gasteiger partial charge in [0.05, 0.1) is 24.7 Å². The topological polar surface area (TPSA) is 118 Å². The Balaban J connectivity index is 0.000000403. The van der Waals surface area contributed by atoms with Crippen molar-refractivity contribution in [2.45, 2.75) is 37.4 Å². The van der Waals surface area contributed by atoms with Crippen LogP contribution in [0.5, 0.6) is 0 Å². The maximum absolute atomic E-state index is 14.1. The zero-order valence-electron chi connectivity index (χ0n) is 22.4. The molecular formula is C29H25ClF4N6O3. The van der Waals surface area contributed by atoms with E-state index in [0.717, 1.165) is 12.1 Å². The van der Waals surface area contributed by atoms with Crippen LogP contribution in [-0.2, 0) is 20.9 Å². The van der Waals surface area contributed by atoms with Crippen LogP contribution in [0.1, 0.15) is 24.0 Å². The number of pyridine rings is 1. The summed E-state index contributed by atoms with van der Waals surface area (Å²) >= 11 is 6.29. The Morgan fingerprint density at radius 2 is 1.88 bits per heavy atom. The van der Waals surface area contributed by atoms with E-state index in [1.165, 1.54) is 28.1 Å². The average molecular weight is 617 g/mol. The molecule has 3 amide bonds. The fraction of sp³-hybridized carbons (Fsp3) is 0.276. The Kier molecular flexibility index (Phi) is 9.95. The molecule has 1 saturated carbocycles. The number of rotatable bonds is 7. The van der Waals surface area contributed by atoms with E-state index in [4.69, 9.17) is 11.6 Å². The second-order valence-corrected chi connectivity index (χ2v) is 10.2. The Hall–Kier alpha value is -4.54. The number of alkyl halides is 2. The van der Waals surface area contributed by atoms with E-state index >= 15 is 0 Å². The highest BCUT2D eigenvalue weighted by molar-refractivity contribution is 6.31. The van der Waals surface area contributed by atoms with Crippen molar-refractivity contribution in [3.05, 3.63) is 88.6 Å². The second kappa shape index (κ2) is 13.6. The lowest BCUT2D eigenvalue weighted by molar-refractivity contribution is -0.126. The van der Waals surface area contributed by atoms with Gasteiger partial charge in [0, 0.05) is 48.4 Å². The number of carbonyl (C=O) groups is 3. The molecule has 1 aliphatic heterocycles. The molecule has 5 rings (SSSR count). The van der Waals surface area contributed by atoms with E-state index in [2.05, 4.69) is 15.6 Å². The molecule has 2 heterocycles. The van der Waals surface area contributed by atoms with Crippen LogP contribution < -0.4 is 20.4 Å². The molecule has 43 heavy (non-hydrogen) atoms. The van der Waals surface area contributed by atoms with E-state index in [9.17, 15) is 37.2 Å². The summed E-state index contributed by atoms with van der Waals surface area (Å²) in [7, 11) is 0. The highest BCUT2D eigenvalue weighted by Crippen LogP contribution is 2.37. The number of hydrogen-bond donors (Lipinski definition) is 2. The predicted molar refractivity (Wildman–Crippen MR) is 149 cm³/mol. The first-order chi connectivity index (χ1) is 20.5. The number of nitrogens with one attached hydrogen (secondary N) is 2. The zero-order valence-corrected chi connectivity index (χ0v) is 23.2. The molecule has 0 bridgehead atoms. The molecule has 1 saturated heterocycles. The Bertz CT molecular complexity index is 1520. The lowest BCUT2D eigenvalue weighted by Crippen LogP contribution is -2.61. The van der Waals surface area contributed by atoms with Crippen molar-refractivity contribution < 1.29 is 31.9 Å². The molecule has 2 N–H and O–H groups in total. The number of amides is 3. The van der Waals surface area contributed by atoms with Crippen molar-refractivity contribution in [1.29, 1.82) is 5.26 Å². The molecule has 0 unspecified atom stereocenters. The molecule has 0 spiro atoms. The number of aromatic nitrogens is 1. The highest BCUT2D eigenvalue weighted by Gasteiger charge is 2.45. The monoisotopic (exact) mass is 616 g/mol. The zero-order chi connectivity index (χ0) is 31.1. The second-order valence-electron chi connectivity index (χ2n) is 9.81. The Morgan fingerprint density at radius 1 is 1.19 bits per heavy atom. The van der Waals surface area contributed by atoms with Crippen molar-refractivity contribution in [1.82, 2.24) is 15.6 Å². The van der Waals surface area contributed by atoms with Gasteiger partial charge in [-0.25, -0.2) is 22.5 Å². The summed E-state index contributed by atoms with van der Waals surface area (Å²) in [6, 6.07) is 13.0. The van der Waals surface area contributed by atoms with Crippen LogP contribution in [0.15, 0.2) is 60.8 Å². The van der Waals surface area contributed by atoms with Crippen LogP contribution in [0.25, 0.3) is 0 Å². The van der Waals surface area contributed by atoms with E-state index < -0.39 is 35.4 Å². The van der Waals surface area contributed by atoms with Crippen molar-refractivity contribution in [2.24, 2.45) is 0 Å². The quantitative estimate of drug-likeness (QED) is 0.307. The first-order valence-electron chi connectivity index (χ1n) is 13.0. The molecule has 3 aromatic rings. The molecule has 1 atom stereocenters. The summed E-state index contributed by atoms with van der Waals surface area (Å²) in [4.78, 5) is 42.9. The Labute approximate surface area is 249 Å². The van der Waals surface area contributed by atoms with Crippen LogP contribution in [0.3, 0.4) is 0 Å². The Morgan fingerprint density at radius 3 is 2.51 bits per heavy atom. The SMILES string of the molecule is N#Cc1ccnc(N2C(=O)CNC[C@H]2C(=O)N(Cc2ccccc2Cl)c2cc(F)cc(F)c2)c1.O=CNC1CC(F)(F)C1. The molecule has 2 aromatic carbocycles.